The maximum Gasteiger partial charge on any atom is 0.431 e. The van der Waals surface area contributed by atoms with Crippen molar-refractivity contribution in [1.29, 1.82) is 0 Å². The maximum atomic E-state index is 13.6. The zero-order valence-electron chi connectivity index (χ0n) is 10.9. The summed E-state index contributed by atoms with van der Waals surface area (Å²) in [5, 5.41) is 0. The highest BCUT2D eigenvalue weighted by molar-refractivity contribution is 5.32. The lowest BCUT2D eigenvalue weighted by Gasteiger charge is -2.55. The van der Waals surface area contributed by atoms with Crippen LogP contribution >= 0.6 is 0 Å². The van der Waals surface area contributed by atoms with Gasteiger partial charge in [0.05, 0.1) is 0 Å². The van der Waals surface area contributed by atoms with Crippen molar-refractivity contribution in [1.82, 2.24) is 0 Å². The van der Waals surface area contributed by atoms with Crippen LogP contribution in [0.25, 0.3) is 0 Å². The fourth-order valence-corrected chi connectivity index (χ4v) is 2.10. The van der Waals surface area contributed by atoms with Crippen LogP contribution in [0, 0.1) is 0 Å². The van der Waals surface area contributed by atoms with Crippen LogP contribution in [0.5, 0.6) is 0 Å². The highest BCUT2D eigenvalue weighted by Gasteiger charge is 3.08. The molecule has 1 rings (SSSR count). The van der Waals surface area contributed by atoms with Crippen LogP contribution < -0.4 is 0 Å². The van der Waals surface area contributed by atoms with Crippen LogP contribution in [0.3, 0.4) is 0 Å². The molecule has 0 atom stereocenters. The first-order chi connectivity index (χ1) is 11.1. The first-order valence-electron chi connectivity index (χ1n) is 5.36. The van der Waals surface area contributed by atoms with E-state index in [4.69, 9.17) is 0 Å². The van der Waals surface area contributed by atoms with E-state index in [1.165, 1.54) is 0 Å². The minimum atomic E-state index is -8.25. The lowest BCUT2D eigenvalue weighted by Crippen LogP contribution is -2.91. The van der Waals surface area contributed by atoms with Gasteiger partial charge in [0, 0.05) is 0 Å². The van der Waals surface area contributed by atoms with Crippen molar-refractivity contribution in [2.45, 2.75) is 47.2 Å². The van der Waals surface area contributed by atoms with Crippen molar-refractivity contribution < 1.29 is 80.4 Å². The van der Waals surface area contributed by atoms with Gasteiger partial charge >= 0.3 is 47.2 Å². The van der Waals surface area contributed by atoms with Gasteiger partial charge in [0.25, 0.3) is 0 Å². The Balaban J connectivity index is 4.13. The first kappa shape index (κ1) is 22.8. The second-order valence-electron chi connectivity index (χ2n) is 4.80. The van der Waals surface area contributed by atoms with E-state index in [1.54, 1.807) is 0 Å². The van der Waals surface area contributed by atoms with Gasteiger partial charge in [-0.1, -0.05) is 0 Å². The summed E-state index contributed by atoms with van der Waals surface area (Å²) in [5.74, 6) is -33.0. The Morgan fingerprint density at radius 2 is 0.577 bits per heavy atom. The smallest absolute Gasteiger partial charge is 0.220 e. The van der Waals surface area contributed by atoms with Crippen LogP contribution in [0.4, 0.5) is 70.5 Å². The first-order valence-corrected chi connectivity index (χ1v) is 5.36. The van der Waals surface area contributed by atoms with E-state index in [-0.39, 0.29) is 0 Å². The van der Waals surface area contributed by atoms with E-state index in [0.29, 0.717) is 0 Å². The average molecular weight is 432 g/mol. The van der Waals surface area contributed by atoms with Crippen molar-refractivity contribution in [3.8, 4) is 0 Å². The Bertz CT molecular complexity index is 491. The zero-order chi connectivity index (χ0) is 21.4. The summed E-state index contributed by atoms with van der Waals surface area (Å²) in [5.41, 5.74) is -16.3. The molecule has 0 bridgehead atoms. The van der Waals surface area contributed by atoms with E-state index < -0.39 is 47.2 Å². The normalized spacial score (nSPS) is 36.0. The lowest BCUT2D eigenvalue weighted by atomic mass is 9.65. The standard InChI is InChI=1S/C8F16O2/c9-1(7(19,20)25-23)3(11,12)5(15,16)2(10,8(21,22)26-24)6(17,18)4(1,13)14. The predicted molar refractivity (Wildman–Crippen MR) is 41.7 cm³/mol. The molecule has 0 heterocycles. The van der Waals surface area contributed by atoms with Gasteiger partial charge in [0.2, 0.25) is 0 Å². The van der Waals surface area contributed by atoms with Gasteiger partial charge in [0.15, 0.2) is 0 Å². The fraction of sp³-hybridized carbons (Fsp3) is 1.00. The van der Waals surface area contributed by atoms with E-state index in [1.807, 2.05) is 0 Å². The Kier molecular flexibility index (Phi) is 4.56. The maximum absolute atomic E-state index is 13.6. The molecule has 0 saturated heterocycles. The highest BCUT2D eigenvalue weighted by Crippen LogP contribution is 2.74. The van der Waals surface area contributed by atoms with Gasteiger partial charge in [-0.05, 0) is 9.05 Å². The Hall–Kier alpha value is -1.20. The second kappa shape index (κ2) is 5.20. The third-order valence-corrected chi connectivity index (χ3v) is 3.52. The molecule has 26 heavy (non-hydrogen) atoms. The van der Waals surface area contributed by atoms with Crippen molar-refractivity contribution in [3.05, 3.63) is 0 Å². The highest BCUT2D eigenvalue weighted by atomic mass is 19.4. The lowest BCUT2D eigenvalue weighted by molar-refractivity contribution is -0.562. The molecule has 0 aromatic rings. The summed E-state index contributed by atoms with van der Waals surface area (Å²) < 4.78 is 207. The number of alkyl halides is 14. The number of rotatable bonds is 4. The Morgan fingerprint density at radius 1 is 0.423 bits per heavy atom. The minimum Gasteiger partial charge on any atom is -0.220 e. The molecule has 1 aliphatic rings. The topological polar surface area (TPSA) is 18.5 Å². The molecule has 156 valence electrons. The van der Waals surface area contributed by atoms with Crippen LogP contribution in [-0.2, 0) is 9.88 Å². The van der Waals surface area contributed by atoms with E-state index >= 15 is 0 Å². The Morgan fingerprint density at radius 3 is 0.692 bits per heavy atom. The molecule has 0 N–H and O–H groups in total. The summed E-state index contributed by atoms with van der Waals surface area (Å²) in [6.07, 6.45) is -15.1. The van der Waals surface area contributed by atoms with Crippen molar-refractivity contribution >= 4 is 0 Å². The third kappa shape index (κ3) is 1.84. The molecular weight excluding hydrogens is 432 g/mol. The molecule has 0 spiro atoms. The number of halogens is 16. The van der Waals surface area contributed by atoms with E-state index in [2.05, 4.69) is 0 Å². The molecule has 0 amide bonds. The van der Waals surface area contributed by atoms with Crippen LogP contribution in [0.15, 0.2) is 0 Å². The van der Waals surface area contributed by atoms with Crippen molar-refractivity contribution in [3.63, 3.8) is 0 Å². The molecular formula is C8F16O2. The quantitative estimate of drug-likeness (QED) is 0.586. The predicted octanol–water partition coefficient (Wildman–Crippen LogP) is 4.95. The van der Waals surface area contributed by atoms with Gasteiger partial charge in [-0.2, -0.15) is 52.7 Å². The minimum absolute atomic E-state index is 0.968. The van der Waals surface area contributed by atoms with E-state index in [0.717, 1.165) is 9.88 Å². The third-order valence-electron chi connectivity index (χ3n) is 3.52. The molecule has 1 fully saturated rings. The summed E-state index contributed by atoms with van der Waals surface area (Å²) in [4.78, 5) is 1.94. The number of hydrogen-bond donors (Lipinski definition) is 0. The van der Waals surface area contributed by atoms with Crippen LogP contribution in [0.2, 0.25) is 0 Å². The second-order valence-corrected chi connectivity index (χ2v) is 4.80. The molecule has 0 unspecified atom stereocenters. The molecule has 0 aromatic carbocycles. The van der Waals surface area contributed by atoms with Gasteiger partial charge in [0.1, 0.15) is 0 Å². The van der Waals surface area contributed by atoms with Gasteiger partial charge in [-0.25, -0.2) is 8.78 Å². The largest absolute Gasteiger partial charge is 0.431 e. The zero-order valence-corrected chi connectivity index (χ0v) is 10.9. The van der Waals surface area contributed by atoms with Gasteiger partial charge in [-0.3, -0.25) is 0 Å². The summed E-state index contributed by atoms with van der Waals surface area (Å²) in [6, 6.07) is 0. The Labute approximate surface area is 129 Å². The molecule has 1 aliphatic carbocycles. The molecule has 0 aromatic heterocycles. The molecule has 18 heteroatoms. The van der Waals surface area contributed by atoms with Crippen molar-refractivity contribution in [2.75, 3.05) is 0 Å². The number of hydrogen-bond acceptors (Lipinski definition) is 2. The van der Waals surface area contributed by atoms with Crippen LogP contribution in [0.1, 0.15) is 0 Å². The van der Waals surface area contributed by atoms with Gasteiger partial charge < -0.3 is 0 Å². The van der Waals surface area contributed by atoms with Crippen molar-refractivity contribution in [2.24, 2.45) is 0 Å². The molecule has 0 aliphatic heterocycles. The fourth-order valence-electron chi connectivity index (χ4n) is 2.10. The average Bonchev–Trinajstić information content (AvgIpc) is 2.50. The summed E-state index contributed by atoms with van der Waals surface area (Å²) >= 11 is 0. The molecule has 1 saturated carbocycles. The summed E-state index contributed by atoms with van der Waals surface area (Å²) in [6.45, 7) is 0. The SMILES string of the molecule is FOC(F)(F)C1(F)C(F)(F)C(F)(F)C(F)(C(F)(F)OF)C(F)(F)C1(F)F. The molecule has 2 nitrogen and oxygen atoms in total. The summed E-state index contributed by atoms with van der Waals surface area (Å²) in [7, 11) is 0. The molecule has 0 radical (unpaired) electrons. The van der Waals surface area contributed by atoms with Crippen LogP contribution in [-0.4, -0.2) is 47.2 Å². The van der Waals surface area contributed by atoms with E-state index in [9.17, 15) is 70.5 Å². The monoisotopic (exact) mass is 432 g/mol. The van der Waals surface area contributed by atoms with Gasteiger partial charge in [-0.15, -0.1) is 9.88 Å².